The molecule has 2 heterocycles. The van der Waals surface area contributed by atoms with Gasteiger partial charge in [-0.3, -0.25) is 14.4 Å². The maximum absolute atomic E-state index is 13.1. The van der Waals surface area contributed by atoms with Crippen LogP contribution in [0.4, 0.5) is 11.4 Å². The highest BCUT2D eigenvalue weighted by Crippen LogP contribution is 2.29. The van der Waals surface area contributed by atoms with Gasteiger partial charge in [-0.2, -0.15) is 0 Å². The lowest BCUT2D eigenvalue weighted by molar-refractivity contribution is 0.0922. The van der Waals surface area contributed by atoms with Crippen LogP contribution in [-0.4, -0.2) is 34.7 Å². The van der Waals surface area contributed by atoms with Crippen molar-refractivity contribution in [3.63, 3.8) is 0 Å². The molecule has 0 saturated heterocycles. The van der Waals surface area contributed by atoms with Crippen LogP contribution in [0.25, 0.3) is 21.8 Å². The minimum atomic E-state index is -0.532. The number of fused-ring (bicyclic) bond motifs is 3. The van der Waals surface area contributed by atoms with Gasteiger partial charge in [-0.1, -0.05) is 42.5 Å². The Balaban J connectivity index is 1.27. The minimum absolute atomic E-state index is 0.0323. The van der Waals surface area contributed by atoms with Crippen LogP contribution in [0.3, 0.4) is 0 Å². The van der Waals surface area contributed by atoms with E-state index >= 15 is 0 Å². The van der Waals surface area contributed by atoms with Gasteiger partial charge in [-0.15, -0.1) is 0 Å². The molecule has 7 nitrogen and oxygen atoms in total. The van der Waals surface area contributed by atoms with Gasteiger partial charge in [-0.25, -0.2) is 14.9 Å². The SMILES string of the molecule is CN(C(=O)c1ccc(N2C(=O)c3nc4ccccc4nc3C2=O)cc1)c1ccc2ccccc2c1. The van der Waals surface area contributed by atoms with Crippen LogP contribution in [0.2, 0.25) is 0 Å². The summed E-state index contributed by atoms with van der Waals surface area (Å²) in [5.41, 5.74) is 2.72. The lowest BCUT2D eigenvalue weighted by atomic mass is 10.1. The number of anilines is 2. The molecular weight excluding hydrogens is 440 g/mol. The van der Waals surface area contributed by atoms with Gasteiger partial charge in [0.25, 0.3) is 17.7 Å². The molecule has 1 aliphatic rings. The van der Waals surface area contributed by atoms with Crippen molar-refractivity contribution in [1.29, 1.82) is 0 Å². The van der Waals surface area contributed by atoms with Gasteiger partial charge < -0.3 is 4.90 Å². The summed E-state index contributed by atoms with van der Waals surface area (Å²) in [6.07, 6.45) is 0. The monoisotopic (exact) mass is 458 g/mol. The first-order valence-corrected chi connectivity index (χ1v) is 11.0. The zero-order valence-corrected chi connectivity index (χ0v) is 18.7. The van der Waals surface area contributed by atoms with E-state index in [-0.39, 0.29) is 17.3 Å². The molecule has 0 unspecified atom stereocenters. The topological polar surface area (TPSA) is 83.5 Å². The molecule has 1 aromatic heterocycles. The molecule has 0 fully saturated rings. The first-order valence-electron chi connectivity index (χ1n) is 11.0. The van der Waals surface area contributed by atoms with Crippen molar-refractivity contribution in [1.82, 2.24) is 9.97 Å². The van der Waals surface area contributed by atoms with Gasteiger partial charge in [0.2, 0.25) is 0 Å². The van der Waals surface area contributed by atoms with Gasteiger partial charge in [0, 0.05) is 18.3 Å². The van der Waals surface area contributed by atoms with Gasteiger partial charge in [0.1, 0.15) is 0 Å². The van der Waals surface area contributed by atoms with Crippen molar-refractivity contribution in [3.8, 4) is 0 Å². The zero-order chi connectivity index (χ0) is 24.1. The minimum Gasteiger partial charge on any atom is -0.311 e. The summed E-state index contributed by atoms with van der Waals surface area (Å²) < 4.78 is 0. The number of aromatic nitrogens is 2. The number of benzene rings is 4. The first-order chi connectivity index (χ1) is 17.0. The van der Waals surface area contributed by atoms with E-state index in [9.17, 15) is 14.4 Å². The summed E-state index contributed by atoms with van der Waals surface area (Å²) in [7, 11) is 1.71. The average molecular weight is 458 g/mol. The van der Waals surface area contributed by atoms with Crippen molar-refractivity contribution in [3.05, 3.63) is 108 Å². The number of nitrogens with zero attached hydrogens (tertiary/aromatic N) is 4. The maximum Gasteiger partial charge on any atom is 0.286 e. The number of imide groups is 1. The van der Waals surface area contributed by atoms with Crippen molar-refractivity contribution in [2.24, 2.45) is 0 Å². The predicted octanol–water partition coefficient (Wildman–Crippen LogP) is 4.86. The van der Waals surface area contributed by atoms with Gasteiger partial charge in [0.05, 0.1) is 16.7 Å². The van der Waals surface area contributed by atoms with E-state index in [1.165, 1.54) is 0 Å². The molecule has 0 bridgehead atoms. The molecule has 0 saturated carbocycles. The highest BCUT2D eigenvalue weighted by Gasteiger charge is 2.40. The fraction of sp³-hybridized carbons (Fsp3) is 0.0357. The van der Waals surface area contributed by atoms with Crippen LogP contribution in [0.1, 0.15) is 31.3 Å². The van der Waals surface area contributed by atoms with Crippen LogP contribution in [-0.2, 0) is 0 Å². The number of carbonyl (C=O) groups is 3. The lowest BCUT2D eigenvalue weighted by Gasteiger charge is -2.19. The second-order valence-corrected chi connectivity index (χ2v) is 8.30. The highest BCUT2D eigenvalue weighted by molar-refractivity contribution is 6.33. The van der Waals surface area contributed by atoms with Crippen LogP contribution in [0.15, 0.2) is 91.0 Å². The summed E-state index contributed by atoms with van der Waals surface area (Å²) in [6, 6.07) is 27.3. The van der Waals surface area contributed by atoms with Crippen molar-refractivity contribution in [2.75, 3.05) is 16.8 Å². The second kappa shape index (κ2) is 7.85. The Morgan fingerprint density at radius 2 is 1.29 bits per heavy atom. The Morgan fingerprint density at radius 3 is 1.91 bits per heavy atom. The molecule has 168 valence electrons. The number of amides is 3. The zero-order valence-electron chi connectivity index (χ0n) is 18.7. The molecule has 5 aromatic rings. The summed E-state index contributed by atoms with van der Waals surface area (Å²) in [4.78, 5) is 50.4. The third-order valence-corrected chi connectivity index (χ3v) is 6.18. The molecule has 35 heavy (non-hydrogen) atoms. The van der Waals surface area contributed by atoms with E-state index in [1.54, 1.807) is 60.5 Å². The van der Waals surface area contributed by atoms with Gasteiger partial charge in [-0.05, 0) is 59.3 Å². The third kappa shape index (κ3) is 3.33. The molecule has 3 amide bonds. The van der Waals surface area contributed by atoms with Crippen molar-refractivity contribution < 1.29 is 14.4 Å². The second-order valence-electron chi connectivity index (χ2n) is 8.30. The smallest absolute Gasteiger partial charge is 0.286 e. The number of rotatable bonds is 3. The van der Waals surface area contributed by atoms with Crippen molar-refractivity contribution in [2.45, 2.75) is 0 Å². The first kappa shape index (κ1) is 20.7. The molecule has 0 atom stereocenters. The standard InChI is InChI=1S/C28H18N4O3/c1-31(21-15-10-17-6-2-3-7-19(17)16-21)26(33)18-11-13-20(14-12-18)32-27(34)24-25(28(32)35)30-23-9-5-4-8-22(23)29-24/h2-16H,1H3. The molecular formula is C28H18N4O3. The molecule has 0 N–H and O–H groups in total. The molecule has 6 rings (SSSR count). The Labute approximate surface area is 200 Å². The van der Waals surface area contributed by atoms with Gasteiger partial charge in [0.15, 0.2) is 11.4 Å². The molecule has 0 radical (unpaired) electrons. The lowest BCUT2D eigenvalue weighted by Crippen LogP contribution is -2.30. The number of hydrogen-bond donors (Lipinski definition) is 0. The maximum atomic E-state index is 13.1. The predicted molar refractivity (Wildman–Crippen MR) is 134 cm³/mol. The highest BCUT2D eigenvalue weighted by atomic mass is 16.2. The molecule has 7 heteroatoms. The quantitative estimate of drug-likeness (QED) is 0.361. The number of hydrogen-bond acceptors (Lipinski definition) is 5. The average Bonchev–Trinajstić information content (AvgIpc) is 3.15. The van der Waals surface area contributed by atoms with E-state index in [4.69, 9.17) is 0 Å². The van der Waals surface area contributed by atoms with E-state index < -0.39 is 11.8 Å². The largest absolute Gasteiger partial charge is 0.311 e. The van der Waals surface area contributed by atoms with Crippen molar-refractivity contribution >= 4 is 50.9 Å². The fourth-order valence-corrected chi connectivity index (χ4v) is 4.29. The number of para-hydroxylation sites is 2. The summed E-state index contributed by atoms with van der Waals surface area (Å²) in [5, 5.41) is 2.14. The van der Waals surface area contributed by atoms with E-state index in [1.807, 2.05) is 42.5 Å². The molecule has 0 spiro atoms. The Bertz CT molecular complexity index is 1620. The summed E-state index contributed by atoms with van der Waals surface area (Å²) in [5.74, 6) is -1.27. The summed E-state index contributed by atoms with van der Waals surface area (Å²) >= 11 is 0. The van der Waals surface area contributed by atoms with Gasteiger partial charge >= 0.3 is 0 Å². The van der Waals surface area contributed by atoms with Crippen LogP contribution in [0.5, 0.6) is 0 Å². The molecule has 0 aliphatic carbocycles. The van der Waals surface area contributed by atoms with E-state index in [0.717, 1.165) is 21.4 Å². The third-order valence-electron chi connectivity index (χ3n) is 6.18. The van der Waals surface area contributed by atoms with Crippen LogP contribution < -0.4 is 9.80 Å². The van der Waals surface area contributed by atoms with E-state index in [0.29, 0.717) is 22.3 Å². The Kier molecular flexibility index (Phi) is 4.64. The van der Waals surface area contributed by atoms with Crippen LogP contribution in [0, 0.1) is 0 Å². The van der Waals surface area contributed by atoms with Crippen LogP contribution >= 0.6 is 0 Å². The molecule has 4 aromatic carbocycles. The Morgan fingerprint density at radius 1 is 0.714 bits per heavy atom. The molecule has 1 aliphatic heterocycles. The normalized spacial score (nSPS) is 12.9. The number of carbonyl (C=O) groups excluding carboxylic acids is 3. The summed E-state index contributed by atoms with van der Waals surface area (Å²) in [6.45, 7) is 0. The van der Waals surface area contributed by atoms with E-state index in [2.05, 4.69) is 9.97 Å². The Hall–Kier alpha value is -4.91. The fourth-order valence-electron chi connectivity index (χ4n) is 4.29.